The van der Waals surface area contributed by atoms with E-state index in [1.807, 2.05) is 13.8 Å². The normalized spacial score (nSPS) is 12.0. The Labute approximate surface area is 162 Å². The van der Waals surface area contributed by atoms with Crippen molar-refractivity contribution in [1.82, 2.24) is 14.1 Å². The maximum atomic E-state index is 12.8. The van der Waals surface area contributed by atoms with Crippen LogP contribution in [-0.4, -0.2) is 33.9 Å². The van der Waals surface area contributed by atoms with Crippen LogP contribution in [-0.2, 0) is 22.9 Å². The molecule has 0 amide bonds. The Morgan fingerprint density at radius 3 is 2.11 bits per heavy atom. The predicted molar refractivity (Wildman–Crippen MR) is 108 cm³/mol. The van der Waals surface area contributed by atoms with E-state index >= 15 is 0 Å². The van der Waals surface area contributed by atoms with Gasteiger partial charge in [0.25, 0.3) is 5.56 Å². The van der Waals surface area contributed by atoms with Crippen molar-refractivity contribution < 1.29 is 13.5 Å². The molecule has 0 bridgehead atoms. The second-order valence-electron chi connectivity index (χ2n) is 6.76. The summed E-state index contributed by atoms with van der Waals surface area (Å²) in [6.45, 7) is 4.43. The molecule has 0 unspecified atom stereocenters. The largest absolute Gasteiger partial charge is 0.504 e. The molecular formula is C19H23N3O5S. The molecule has 2 heterocycles. The topological polar surface area (TPSA) is 114 Å². The van der Waals surface area contributed by atoms with Crippen molar-refractivity contribution in [2.45, 2.75) is 44.7 Å². The quantitative estimate of drug-likeness (QED) is 0.652. The number of hydrogen-bond acceptors (Lipinski definition) is 5. The van der Waals surface area contributed by atoms with Gasteiger partial charge in [-0.3, -0.25) is 13.9 Å². The van der Waals surface area contributed by atoms with Gasteiger partial charge in [0.05, 0.1) is 10.6 Å². The number of aromatic amines is 1. The summed E-state index contributed by atoms with van der Waals surface area (Å²) in [6, 6.07) is 5.97. The fourth-order valence-corrected chi connectivity index (χ4v) is 3.92. The van der Waals surface area contributed by atoms with Gasteiger partial charge in [0.15, 0.2) is 15.6 Å². The molecule has 0 aliphatic heterocycles. The highest BCUT2D eigenvalue weighted by molar-refractivity contribution is 7.90. The number of fused-ring (bicyclic) bond motifs is 1. The van der Waals surface area contributed by atoms with Gasteiger partial charge >= 0.3 is 5.69 Å². The van der Waals surface area contributed by atoms with E-state index in [1.165, 1.54) is 21.3 Å². The molecule has 3 rings (SSSR count). The Hall–Kier alpha value is -2.81. The van der Waals surface area contributed by atoms with E-state index in [4.69, 9.17) is 0 Å². The number of H-pyrrole nitrogens is 1. The molecule has 0 saturated heterocycles. The molecule has 2 N–H and O–H groups in total. The maximum absolute atomic E-state index is 12.8. The van der Waals surface area contributed by atoms with Crippen molar-refractivity contribution in [1.29, 1.82) is 0 Å². The molecule has 0 aliphatic carbocycles. The summed E-state index contributed by atoms with van der Waals surface area (Å²) in [6.07, 6.45) is 2.39. The van der Waals surface area contributed by atoms with Gasteiger partial charge in [-0.2, -0.15) is 0 Å². The minimum absolute atomic E-state index is 0.153. The second kappa shape index (κ2) is 7.31. The molecule has 3 aromatic rings. The van der Waals surface area contributed by atoms with Gasteiger partial charge in [-0.15, -0.1) is 0 Å². The molecule has 8 nitrogen and oxygen atoms in total. The van der Waals surface area contributed by atoms with Crippen LogP contribution in [0.15, 0.2) is 38.8 Å². The Morgan fingerprint density at radius 2 is 1.57 bits per heavy atom. The van der Waals surface area contributed by atoms with E-state index in [2.05, 4.69) is 4.98 Å². The molecule has 2 aromatic heterocycles. The second-order valence-corrected chi connectivity index (χ2v) is 8.78. The van der Waals surface area contributed by atoms with Crippen LogP contribution < -0.4 is 11.2 Å². The van der Waals surface area contributed by atoms with Crippen LogP contribution in [0.5, 0.6) is 5.75 Å². The number of hydrogen-bond donors (Lipinski definition) is 2. The number of rotatable bonds is 6. The molecule has 0 atom stereocenters. The zero-order valence-electron chi connectivity index (χ0n) is 16.0. The summed E-state index contributed by atoms with van der Waals surface area (Å²) in [5.41, 5.74) is 0.175. The maximum Gasteiger partial charge on any atom is 0.331 e. The number of aromatic hydroxyl groups is 1. The van der Waals surface area contributed by atoms with E-state index < -0.39 is 21.1 Å². The number of aromatic nitrogens is 3. The first-order chi connectivity index (χ1) is 13.2. The van der Waals surface area contributed by atoms with Crippen LogP contribution >= 0.6 is 0 Å². The number of nitrogens with zero attached hydrogens (tertiary/aromatic N) is 2. The van der Waals surface area contributed by atoms with Crippen LogP contribution in [0, 0.1) is 0 Å². The van der Waals surface area contributed by atoms with Crippen LogP contribution in [0.25, 0.3) is 22.3 Å². The van der Waals surface area contributed by atoms with Crippen molar-refractivity contribution in [2.24, 2.45) is 0 Å². The Balaban J connectivity index is 2.31. The average Bonchev–Trinajstić information content (AvgIpc) is 2.99. The standard InChI is InChI=1S/C19H23N3O5S/c1-4-10-21-16-15(18(24)22(11-5-2)19(21)25)20-14(17(16)23)12-6-8-13(9-7-12)28(3,26)27/h6-9,20,23H,4-5,10-11H2,1-3H3. The Morgan fingerprint density at radius 1 is 1.00 bits per heavy atom. The third kappa shape index (κ3) is 3.26. The van der Waals surface area contributed by atoms with Crippen LogP contribution in [0.3, 0.4) is 0 Å². The van der Waals surface area contributed by atoms with Crippen molar-refractivity contribution in [3.05, 3.63) is 45.1 Å². The molecule has 9 heteroatoms. The van der Waals surface area contributed by atoms with Crippen molar-refractivity contribution in [2.75, 3.05) is 6.26 Å². The lowest BCUT2D eigenvalue weighted by atomic mass is 10.1. The lowest BCUT2D eigenvalue weighted by Crippen LogP contribution is -2.40. The van der Waals surface area contributed by atoms with E-state index in [-0.39, 0.29) is 33.9 Å². The summed E-state index contributed by atoms with van der Waals surface area (Å²) in [7, 11) is -3.35. The summed E-state index contributed by atoms with van der Waals surface area (Å²) in [5, 5.41) is 10.8. The number of benzene rings is 1. The van der Waals surface area contributed by atoms with Crippen LogP contribution in [0.4, 0.5) is 0 Å². The van der Waals surface area contributed by atoms with E-state index in [1.54, 1.807) is 12.1 Å². The highest BCUT2D eigenvalue weighted by Crippen LogP contribution is 2.34. The lowest BCUT2D eigenvalue weighted by Gasteiger charge is -2.10. The minimum atomic E-state index is -3.35. The highest BCUT2D eigenvalue weighted by atomic mass is 32.2. The third-order valence-corrected chi connectivity index (χ3v) is 5.73. The first kappa shape index (κ1) is 19.9. The lowest BCUT2D eigenvalue weighted by molar-refractivity contribution is 0.475. The minimum Gasteiger partial charge on any atom is -0.504 e. The van der Waals surface area contributed by atoms with Crippen molar-refractivity contribution in [3.63, 3.8) is 0 Å². The fourth-order valence-electron chi connectivity index (χ4n) is 3.29. The van der Waals surface area contributed by atoms with E-state index in [9.17, 15) is 23.1 Å². The first-order valence-corrected chi connectivity index (χ1v) is 11.0. The zero-order valence-corrected chi connectivity index (χ0v) is 16.8. The molecule has 0 spiro atoms. The zero-order chi connectivity index (χ0) is 20.6. The average molecular weight is 405 g/mol. The van der Waals surface area contributed by atoms with Gasteiger partial charge in [-0.1, -0.05) is 26.0 Å². The SMILES string of the molecule is CCCn1c(=O)c2[nH]c(-c3ccc(S(C)(=O)=O)cc3)c(O)c2n(CCC)c1=O. The molecule has 0 radical (unpaired) electrons. The Bertz CT molecular complexity index is 1250. The van der Waals surface area contributed by atoms with Crippen molar-refractivity contribution in [3.8, 4) is 17.0 Å². The molecule has 150 valence electrons. The number of nitrogens with one attached hydrogen (secondary N) is 1. The molecular weight excluding hydrogens is 382 g/mol. The first-order valence-electron chi connectivity index (χ1n) is 9.09. The summed E-state index contributed by atoms with van der Waals surface area (Å²) in [5.74, 6) is -0.201. The summed E-state index contributed by atoms with van der Waals surface area (Å²) >= 11 is 0. The van der Waals surface area contributed by atoms with Crippen molar-refractivity contribution >= 4 is 20.9 Å². The molecule has 0 aliphatic rings. The predicted octanol–water partition coefficient (Wildman–Crippen LogP) is 2.09. The van der Waals surface area contributed by atoms with Gasteiger partial charge in [0.1, 0.15) is 11.0 Å². The summed E-state index contributed by atoms with van der Waals surface area (Å²) < 4.78 is 25.9. The monoisotopic (exact) mass is 405 g/mol. The Kier molecular flexibility index (Phi) is 5.20. The van der Waals surface area contributed by atoms with Crippen LogP contribution in [0.1, 0.15) is 26.7 Å². The smallest absolute Gasteiger partial charge is 0.331 e. The number of aryl methyl sites for hydroxylation is 1. The van der Waals surface area contributed by atoms with Gasteiger partial charge in [0.2, 0.25) is 0 Å². The highest BCUT2D eigenvalue weighted by Gasteiger charge is 2.21. The van der Waals surface area contributed by atoms with Crippen LogP contribution in [0.2, 0.25) is 0 Å². The number of sulfone groups is 1. The van der Waals surface area contributed by atoms with Gasteiger partial charge in [-0.25, -0.2) is 13.2 Å². The molecule has 28 heavy (non-hydrogen) atoms. The third-order valence-electron chi connectivity index (χ3n) is 4.60. The molecule has 1 aromatic carbocycles. The molecule has 0 fully saturated rings. The fraction of sp³-hybridized carbons (Fsp3) is 0.368. The van der Waals surface area contributed by atoms with E-state index in [0.717, 1.165) is 6.26 Å². The van der Waals surface area contributed by atoms with Gasteiger partial charge in [0, 0.05) is 24.9 Å². The summed E-state index contributed by atoms with van der Waals surface area (Å²) in [4.78, 5) is 28.7. The molecule has 0 saturated carbocycles. The van der Waals surface area contributed by atoms with E-state index in [0.29, 0.717) is 24.9 Å². The van der Waals surface area contributed by atoms with Gasteiger partial charge in [-0.05, 0) is 25.0 Å². The van der Waals surface area contributed by atoms with Gasteiger partial charge < -0.3 is 10.1 Å².